The summed E-state index contributed by atoms with van der Waals surface area (Å²) in [6, 6.07) is 9.79. The van der Waals surface area contributed by atoms with Crippen molar-refractivity contribution in [1.29, 1.82) is 0 Å². The van der Waals surface area contributed by atoms with Crippen LogP contribution in [0.2, 0.25) is 0 Å². The third kappa shape index (κ3) is 5.94. The summed E-state index contributed by atoms with van der Waals surface area (Å²) in [5, 5.41) is 0.726. The van der Waals surface area contributed by atoms with Gasteiger partial charge in [0.2, 0.25) is 0 Å². The number of nitrogens with zero attached hydrogens (tertiary/aromatic N) is 4. The monoisotopic (exact) mass is 444 g/mol. The second-order valence-electron chi connectivity index (χ2n) is 7.42. The van der Waals surface area contributed by atoms with Crippen LogP contribution in [-0.4, -0.2) is 80.5 Å². The molecule has 2 aromatic rings. The van der Waals surface area contributed by atoms with Crippen molar-refractivity contribution in [3.63, 3.8) is 0 Å². The van der Waals surface area contributed by atoms with Gasteiger partial charge in [-0.3, -0.25) is 4.79 Å². The first kappa shape index (κ1) is 22.0. The van der Waals surface area contributed by atoms with Crippen LogP contribution in [-0.2, 0) is 26.6 Å². The SMILES string of the molecule is COCc1cc(N2CCOCC2)nc(SCc2ccc(C(=O)N3CCOCC3)cc2)n1. The second-order valence-corrected chi connectivity index (χ2v) is 8.37. The van der Waals surface area contributed by atoms with Crippen molar-refractivity contribution in [3.8, 4) is 0 Å². The van der Waals surface area contributed by atoms with Crippen LogP contribution in [0.5, 0.6) is 0 Å². The molecule has 8 nitrogen and oxygen atoms in total. The maximum atomic E-state index is 12.6. The van der Waals surface area contributed by atoms with E-state index in [4.69, 9.17) is 19.2 Å². The van der Waals surface area contributed by atoms with Crippen molar-refractivity contribution in [1.82, 2.24) is 14.9 Å². The molecule has 0 N–H and O–H groups in total. The number of carbonyl (C=O) groups is 1. The molecule has 0 bridgehead atoms. The number of hydrogen-bond acceptors (Lipinski definition) is 8. The van der Waals surface area contributed by atoms with Crippen molar-refractivity contribution in [2.45, 2.75) is 17.5 Å². The smallest absolute Gasteiger partial charge is 0.254 e. The highest BCUT2D eigenvalue weighted by Crippen LogP contribution is 2.24. The molecule has 2 aliphatic heterocycles. The summed E-state index contributed by atoms with van der Waals surface area (Å²) in [6.07, 6.45) is 0. The van der Waals surface area contributed by atoms with Crippen molar-refractivity contribution >= 4 is 23.5 Å². The van der Waals surface area contributed by atoms with Crippen LogP contribution < -0.4 is 4.90 Å². The second kappa shape index (κ2) is 10.9. The normalized spacial score (nSPS) is 17.1. The lowest BCUT2D eigenvalue weighted by molar-refractivity contribution is 0.0303. The molecule has 4 rings (SSSR count). The number of aromatic nitrogens is 2. The number of rotatable bonds is 7. The largest absolute Gasteiger partial charge is 0.378 e. The van der Waals surface area contributed by atoms with Gasteiger partial charge in [-0.05, 0) is 17.7 Å². The molecule has 9 heteroatoms. The van der Waals surface area contributed by atoms with Crippen LogP contribution in [0, 0.1) is 0 Å². The molecule has 1 aromatic heterocycles. The van der Waals surface area contributed by atoms with Gasteiger partial charge in [-0.2, -0.15) is 0 Å². The van der Waals surface area contributed by atoms with E-state index in [-0.39, 0.29) is 5.91 Å². The molecule has 1 amide bonds. The predicted octanol–water partition coefficient (Wildman–Crippen LogP) is 2.22. The van der Waals surface area contributed by atoms with E-state index < -0.39 is 0 Å². The molecular formula is C22H28N4O4S. The van der Waals surface area contributed by atoms with Crippen LogP contribution in [0.4, 0.5) is 5.82 Å². The first-order chi connectivity index (χ1) is 15.2. The zero-order valence-electron chi connectivity index (χ0n) is 17.8. The Kier molecular flexibility index (Phi) is 7.74. The van der Waals surface area contributed by atoms with E-state index in [9.17, 15) is 4.79 Å². The van der Waals surface area contributed by atoms with Crippen molar-refractivity contribution in [3.05, 3.63) is 47.2 Å². The number of morpholine rings is 2. The van der Waals surface area contributed by atoms with Gasteiger partial charge >= 0.3 is 0 Å². The van der Waals surface area contributed by atoms with Gasteiger partial charge in [0, 0.05) is 50.7 Å². The molecule has 2 fully saturated rings. The summed E-state index contributed by atoms with van der Waals surface area (Å²) >= 11 is 1.59. The van der Waals surface area contributed by atoms with Gasteiger partial charge < -0.3 is 24.0 Å². The lowest BCUT2D eigenvalue weighted by Gasteiger charge is -2.28. The molecule has 0 atom stereocenters. The Morgan fingerprint density at radius 2 is 1.71 bits per heavy atom. The molecule has 0 saturated carbocycles. The minimum absolute atomic E-state index is 0.0632. The zero-order valence-corrected chi connectivity index (χ0v) is 18.6. The molecule has 2 aliphatic rings. The highest BCUT2D eigenvalue weighted by atomic mass is 32.2. The number of anilines is 1. The lowest BCUT2D eigenvalue weighted by Crippen LogP contribution is -2.40. The summed E-state index contributed by atoms with van der Waals surface area (Å²) in [7, 11) is 1.67. The third-order valence-corrected chi connectivity index (χ3v) is 6.16. The number of methoxy groups -OCH3 is 1. The van der Waals surface area contributed by atoms with Crippen LogP contribution in [0.3, 0.4) is 0 Å². The molecule has 166 valence electrons. The van der Waals surface area contributed by atoms with Gasteiger partial charge in [0.25, 0.3) is 5.91 Å². The van der Waals surface area contributed by atoms with Crippen LogP contribution in [0.15, 0.2) is 35.5 Å². The Labute approximate surface area is 186 Å². The average Bonchev–Trinajstić information content (AvgIpc) is 2.84. The molecular weight excluding hydrogens is 416 g/mol. The highest BCUT2D eigenvalue weighted by molar-refractivity contribution is 7.98. The minimum Gasteiger partial charge on any atom is -0.378 e. The van der Waals surface area contributed by atoms with E-state index in [2.05, 4.69) is 9.88 Å². The molecule has 2 saturated heterocycles. The number of carbonyl (C=O) groups excluding carboxylic acids is 1. The molecule has 0 aliphatic carbocycles. The van der Waals surface area contributed by atoms with E-state index in [1.54, 1.807) is 18.9 Å². The Morgan fingerprint density at radius 1 is 1.03 bits per heavy atom. The summed E-state index contributed by atoms with van der Waals surface area (Å²) in [5.41, 5.74) is 2.70. The van der Waals surface area contributed by atoms with Gasteiger partial charge in [-0.25, -0.2) is 9.97 Å². The van der Waals surface area contributed by atoms with E-state index in [1.165, 1.54) is 0 Å². The Morgan fingerprint density at radius 3 is 2.39 bits per heavy atom. The maximum Gasteiger partial charge on any atom is 0.254 e. The van der Waals surface area contributed by atoms with Gasteiger partial charge in [-0.1, -0.05) is 23.9 Å². The van der Waals surface area contributed by atoms with E-state index in [0.29, 0.717) is 51.7 Å². The quantitative estimate of drug-likeness (QED) is 0.475. The maximum absolute atomic E-state index is 12.6. The van der Waals surface area contributed by atoms with Crippen molar-refractivity contribution in [2.75, 3.05) is 64.6 Å². The van der Waals surface area contributed by atoms with Crippen LogP contribution >= 0.6 is 11.8 Å². The summed E-state index contributed by atoms with van der Waals surface area (Å²) < 4.78 is 16.1. The molecule has 0 radical (unpaired) electrons. The Hall–Kier alpha value is -2.20. The molecule has 1 aromatic carbocycles. The van der Waals surface area contributed by atoms with Crippen molar-refractivity contribution in [2.24, 2.45) is 0 Å². The summed E-state index contributed by atoms with van der Waals surface area (Å²) in [6.45, 7) is 6.03. The Balaban J connectivity index is 1.40. The van der Waals surface area contributed by atoms with E-state index >= 15 is 0 Å². The lowest BCUT2D eigenvalue weighted by atomic mass is 10.1. The fourth-order valence-electron chi connectivity index (χ4n) is 3.54. The zero-order chi connectivity index (χ0) is 21.5. The average molecular weight is 445 g/mol. The van der Waals surface area contributed by atoms with Gasteiger partial charge in [-0.15, -0.1) is 0 Å². The number of thioether (sulfide) groups is 1. The predicted molar refractivity (Wildman–Crippen MR) is 119 cm³/mol. The number of ether oxygens (including phenoxy) is 3. The number of amides is 1. The van der Waals surface area contributed by atoms with Crippen LogP contribution in [0.1, 0.15) is 21.6 Å². The first-order valence-electron chi connectivity index (χ1n) is 10.5. The van der Waals surface area contributed by atoms with E-state index in [0.717, 1.165) is 41.1 Å². The molecule has 3 heterocycles. The fraction of sp³-hybridized carbons (Fsp3) is 0.500. The van der Waals surface area contributed by atoms with Gasteiger partial charge in [0.15, 0.2) is 5.16 Å². The molecule has 0 spiro atoms. The topological polar surface area (TPSA) is 77.0 Å². The van der Waals surface area contributed by atoms with E-state index in [1.807, 2.05) is 35.2 Å². The Bertz CT molecular complexity index is 868. The molecule has 31 heavy (non-hydrogen) atoms. The fourth-order valence-corrected chi connectivity index (χ4v) is 4.37. The third-order valence-electron chi connectivity index (χ3n) is 5.24. The van der Waals surface area contributed by atoms with Crippen LogP contribution in [0.25, 0.3) is 0 Å². The number of hydrogen-bond donors (Lipinski definition) is 0. The molecule has 0 unspecified atom stereocenters. The van der Waals surface area contributed by atoms with Crippen molar-refractivity contribution < 1.29 is 19.0 Å². The standard InChI is InChI=1S/C22H28N4O4S/c1-28-15-19-14-20(25-6-10-29-11-7-25)24-22(23-19)31-16-17-2-4-18(5-3-17)21(27)26-8-12-30-13-9-26/h2-5,14H,6-13,15-16H2,1H3. The first-order valence-corrected chi connectivity index (χ1v) is 11.5. The number of benzene rings is 1. The van der Waals surface area contributed by atoms with Gasteiger partial charge in [0.1, 0.15) is 5.82 Å². The summed E-state index contributed by atoms with van der Waals surface area (Å²) in [5.74, 6) is 1.71. The summed E-state index contributed by atoms with van der Waals surface area (Å²) in [4.78, 5) is 26.1. The highest BCUT2D eigenvalue weighted by Gasteiger charge is 2.18. The minimum atomic E-state index is 0.0632. The van der Waals surface area contributed by atoms with Gasteiger partial charge in [0.05, 0.1) is 38.7 Å².